The summed E-state index contributed by atoms with van der Waals surface area (Å²) < 4.78 is 16.5. The summed E-state index contributed by atoms with van der Waals surface area (Å²) in [5.41, 5.74) is 13.1. The molecule has 0 spiro atoms. The monoisotopic (exact) mass is 388 g/mol. The first-order valence-electron chi connectivity index (χ1n) is 9.51. The Balaban J connectivity index is 1.56. The molecule has 1 aromatic rings. The highest BCUT2D eigenvalue weighted by atomic mass is 16.5. The predicted octanol–water partition coefficient (Wildman–Crippen LogP) is 0.386. The van der Waals surface area contributed by atoms with Gasteiger partial charge in [0.05, 0.1) is 27.2 Å². The number of fused-ring (bicyclic) bond motifs is 3. The van der Waals surface area contributed by atoms with Crippen molar-refractivity contribution in [2.24, 2.45) is 39.2 Å². The van der Waals surface area contributed by atoms with Crippen molar-refractivity contribution in [2.45, 2.75) is 12.6 Å². The molecule has 152 valence electrons. The molecule has 0 aromatic heterocycles. The lowest BCUT2D eigenvalue weighted by Crippen LogP contribution is -2.60. The van der Waals surface area contributed by atoms with Gasteiger partial charge in [-0.2, -0.15) is 0 Å². The van der Waals surface area contributed by atoms with Crippen LogP contribution in [0.25, 0.3) is 0 Å². The normalized spacial score (nSPS) is 29.2. The van der Waals surface area contributed by atoms with Crippen molar-refractivity contribution in [1.82, 2.24) is 5.32 Å². The number of amidine groups is 1. The lowest BCUT2D eigenvalue weighted by Gasteiger charge is -2.48. The highest BCUT2D eigenvalue weighted by Crippen LogP contribution is 2.43. The fourth-order valence-corrected chi connectivity index (χ4v) is 4.74. The number of piperidine rings is 2. The molecule has 3 aliphatic heterocycles. The SMILES string of the molecule is COc1cc(N2CCC3C(CNC4N=C(N)N=C(N)C43)C2)cc(OC)c1OC. The molecule has 0 saturated carbocycles. The molecule has 4 unspecified atom stereocenters. The molecule has 0 bridgehead atoms. The minimum absolute atomic E-state index is 0.0634. The zero-order valence-electron chi connectivity index (χ0n) is 16.5. The Kier molecular flexibility index (Phi) is 4.92. The van der Waals surface area contributed by atoms with Gasteiger partial charge in [-0.25, -0.2) is 9.98 Å². The molecule has 5 N–H and O–H groups in total. The molecule has 28 heavy (non-hydrogen) atoms. The topological polar surface area (TPSA) is 120 Å². The van der Waals surface area contributed by atoms with E-state index in [0.717, 1.165) is 31.7 Å². The van der Waals surface area contributed by atoms with E-state index in [1.807, 2.05) is 12.1 Å². The molecular weight excluding hydrogens is 360 g/mol. The largest absolute Gasteiger partial charge is 0.493 e. The number of aliphatic imine (C=N–C) groups is 2. The van der Waals surface area contributed by atoms with Crippen LogP contribution in [-0.4, -0.2) is 58.9 Å². The minimum Gasteiger partial charge on any atom is -0.493 e. The van der Waals surface area contributed by atoms with Crippen molar-refractivity contribution in [3.63, 3.8) is 0 Å². The van der Waals surface area contributed by atoms with E-state index in [-0.39, 0.29) is 18.0 Å². The van der Waals surface area contributed by atoms with E-state index in [4.69, 9.17) is 25.7 Å². The average Bonchev–Trinajstić information content (AvgIpc) is 2.71. The zero-order valence-corrected chi connectivity index (χ0v) is 16.5. The highest BCUT2D eigenvalue weighted by Gasteiger charge is 2.45. The van der Waals surface area contributed by atoms with E-state index >= 15 is 0 Å². The fraction of sp³-hybridized carbons (Fsp3) is 0.579. The second kappa shape index (κ2) is 7.38. The second-order valence-electron chi connectivity index (χ2n) is 7.45. The third-order valence-corrected chi connectivity index (χ3v) is 6.05. The van der Waals surface area contributed by atoms with E-state index in [1.165, 1.54) is 0 Å². The van der Waals surface area contributed by atoms with Gasteiger partial charge in [0.15, 0.2) is 11.5 Å². The third-order valence-electron chi connectivity index (χ3n) is 6.05. The van der Waals surface area contributed by atoms with E-state index < -0.39 is 0 Å². The van der Waals surface area contributed by atoms with Crippen LogP contribution < -0.4 is 35.9 Å². The van der Waals surface area contributed by atoms with Gasteiger partial charge in [-0.1, -0.05) is 0 Å². The van der Waals surface area contributed by atoms with E-state index in [1.54, 1.807) is 21.3 Å². The maximum absolute atomic E-state index is 6.23. The number of anilines is 1. The third kappa shape index (κ3) is 3.09. The first-order chi connectivity index (χ1) is 13.5. The number of benzene rings is 1. The summed E-state index contributed by atoms with van der Waals surface area (Å²) in [4.78, 5) is 11.0. The van der Waals surface area contributed by atoms with Crippen molar-refractivity contribution < 1.29 is 14.2 Å². The number of hydrogen-bond donors (Lipinski definition) is 3. The van der Waals surface area contributed by atoms with Crippen LogP contribution in [-0.2, 0) is 0 Å². The molecule has 4 atom stereocenters. The first-order valence-corrected chi connectivity index (χ1v) is 9.51. The summed E-state index contributed by atoms with van der Waals surface area (Å²) in [5, 5.41) is 3.49. The Morgan fingerprint density at radius 2 is 1.82 bits per heavy atom. The maximum Gasteiger partial charge on any atom is 0.218 e. The number of guanidine groups is 1. The quantitative estimate of drug-likeness (QED) is 0.682. The second-order valence-corrected chi connectivity index (χ2v) is 7.45. The van der Waals surface area contributed by atoms with Crippen LogP contribution >= 0.6 is 0 Å². The lowest BCUT2D eigenvalue weighted by atomic mass is 9.71. The van der Waals surface area contributed by atoms with Gasteiger partial charge in [0, 0.05) is 37.5 Å². The number of rotatable bonds is 4. The summed E-state index contributed by atoms with van der Waals surface area (Å²) in [5.74, 6) is 3.77. The van der Waals surface area contributed by atoms with Crippen LogP contribution in [0.5, 0.6) is 17.2 Å². The Bertz CT molecular complexity index is 786. The Labute approximate surface area is 164 Å². The number of nitrogens with zero attached hydrogens (tertiary/aromatic N) is 3. The van der Waals surface area contributed by atoms with Crippen molar-refractivity contribution in [2.75, 3.05) is 45.9 Å². The van der Waals surface area contributed by atoms with Gasteiger partial charge in [-0.05, 0) is 18.3 Å². The van der Waals surface area contributed by atoms with Crippen LogP contribution in [0.4, 0.5) is 5.69 Å². The molecule has 0 aliphatic carbocycles. The van der Waals surface area contributed by atoms with E-state index in [0.29, 0.717) is 34.9 Å². The Morgan fingerprint density at radius 3 is 2.46 bits per heavy atom. The molecular formula is C19H28N6O3. The number of nitrogens with two attached hydrogens (primary N) is 2. The van der Waals surface area contributed by atoms with E-state index in [2.05, 4.69) is 20.2 Å². The molecule has 9 heteroatoms. The van der Waals surface area contributed by atoms with Gasteiger partial charge in [0.25, 0.3) is 0 Å². The summed E-state index contributed by atoms with van der Waals surface area (Å²) in [6, 6.07) is 4.00. The number of ether oxygens (including phenoxy) is 3. The van der Waals surface area contributed by atoms with Crippen LogP contribution in [0, 0.1) is 17.8 Å². The van der Waals surface area contributed by atoms with Crippen molar-refractivity contribution in [3.05, 3.63) is 12.1 Å². The molecule has 0 amide bonds. The molecule has 4 rings (SSSR count). The Morgan fingerprint density at radius 1 is 1.11 bits per heavy atom. The number of hydrogen-bond acceptors (Lipinski definition) is 9. The van der Waals surface area contributed by atoms with Gasteiger partial charge in [0.2, 0.25) is 11.7 Å². The minimum atomic E-state index is -0.0634. The van der Waals surface area contributed by atoms with Crippen LogP contribution in [0.1, 0.15) is 6.42 Å². The summed E-state index contributed by atoms with van der Waals surface area (Å²) >= 11 is 0. The number of nitrogens with one attached hydrogen (secondary N) is 1. The standard InChI is InChI=1S/C19H28N6O3/c1-26-13-6-11(7-14(27-2)16(13)28-3)25-5-4-12-10(9-25)8-22-18-15(12)17(20)23-19(21)24-18/h6-7,10,12,15,18,22H,4-5,8-9H2,1-3H3,(H4,20,21,23,24). The molecule has 3 aliphatic rings. The van der Waals surface area contributed by atoms with Gasteiger partial charge in [-0.15, -0.1) is 0 Å². The number of methoxy groups -OCH3 is 3. The molecule has 9 nitrogen and oxygen atoms in total. The molecule has 1 aromatic carbocycles. The zero-order chi connectivity index (χ0) is 19.8. The smallest absolute Gasteiger partial charge is 0.218 e. The maximum atomic E-state index is 6.23. The van der Waals surface area contributed by atoms with Gasteiger partial charge >= 0.3 is 0 Å². The molecule has 2 fully saturated rings. The van der Waals surface area contributed by atoms with E-state index in [9.17, 15) is 0 Å². The molecule has 2 saturated heterocycles. The molecule has 0 radical (unpaired) electrons. The average molecular weight is 388 g/mol. The van der Waals surface area contributed by atoms with Gasteiger partial charge in [0.1, 0.15) is 12.0 Å². The van der Waals surface area contributed by atoms with Gasteiger partial charge < -0.3 is 30.6 Å². The summed E-state index contributed by atoms with van der Waals surface area (Å²) in [7, 11) is 4.88. The van der Waals surface area contributed by atoms with Crippen LogP contribution in [0.3, 0.4) is 0 Å². The van der Waals surface area contributed by atoms with Crippen LogP contribution in [0.15, 0.2) is 22.1 Å². The molecule has 3 heterocycles. The van der Waals surface area contributed by atoms with Crippen molar-refractivity contribution in [1.29, 1.82) is 0 Å². The fourth-order valence-electron chi connectivity index (χ4n) is 4.74. The van der Waals surface area contributed by atoms with Crippen molar-refractivity contribution >= 4 is 17.5 Å². The lowest BCUT2D eigenvalue weighted by molar-refractivity contribution is 0.142. The van der Waals surface area contributed by atoms with Gasteiger partial charge in [-0.3, -0.25) is 5.32 Å². The Hall–Kier alpha value is -2.68. The highest BCUT2D eigenvalue weighted by molar-refractivity contribution is 5.98. The van der Waals surface area contributed by atoms with Crippen molar-refractivity contribution in [3.8, 4) is 17.2 Å². The summed E-state index contributed by atoms with van der Waals surface area (Å²) in [6.45, 7) is 2.69. The summed E-state index contributed by atoms with van der Waals surface area (Å²) in [6.07, 6.45) is 0.946. The van der Waals surface area contributed by atoms with Crippen LogP contribution in [0.2, 0.25) is 0 Å². The first kappa shape index (κ1) is 18.7. The predicted molar refractivity (Wildman–Crippen MR) is 108 cm³/mol.